The van der Waals surface area contributed by atoms with Crippen molar-refractivity contribution in [1.82, 2.24) is 34.9 Å². The number of nitrogen functional groups attached to an aromatic ring is 1. The summed E-state index contributed by atoms with van der Waals surface area (Å²) in [6.07, 6.45) is 19.2. The van der Waals surface area contributed by atoms with E-state index in [0.29, 0.717) is 5.69 Å². The minimum absolute atomic E-state index is 0.678. The second-order valence-corrected chi connectivity index (χ2v) is 11.8. The van der Waals surface area contributed by atoms with Crippen LogP contribution in [0.15, 0.2) is 122 Å². The first kappa shape index (κ1) is 28.3. The highest BCUT2D eigenvalue weighted by Crippen LogP contribution is 2.38. The fraction of sp³-hybridized carbons (Fsp3) is 0. The van der Waals surface area contributed by atoms with Gasteiger partial charge in [-0.2, -0.15) is 0 Å². The van der Waals surface area contributed by atoms with Crippen LogP contribution in [0.25, 0.3) is 90.9 Å². The SMILES string of the molecule is Nc1cccc(-c2c3nc(c(-c4ccncc4)c4ccc([nH]4)c(-c4ccncc4)c4nc(c(-c5ccncc5)c5ccc2[nH]5)C=C4)C=C3)c1. The minimum atomic E-state index is 0.678. The number of rotatable bonds is 4. The van der Waals surface area contributed by atoms with Gasteiger partial charge in [0.1, 0.15) is 0 Å². The van der Waals surface area contributed by atoms with Crippen LogP contribution in [0.4, 0.5) is 5.69 Å². The number of nitrogens with one attached hydrogen (secondary N) is 2. The quantitative estimate of drug-likeness (QED) is 0.166. The summed E-state index contributed by atoms with van der Waals surface area (Å²) in [5.41, 5.74) is 21.8. The number of H-pyrrole nitrogens is 2. The number of anilines is 1. The third-order valence-electron chi connectivity index (χ3n) is 8.84. The van der Waals surface area contributed by atoms with E-state index in [1.54, 1.807) is 24.8 Å². The first-order valence-electron chi connectivity index (χ1n) is 15.9. The van der Waals surface area contributed by atoms with Crippen LogP contribution < -0.4 is 5.73 Å². The summed E-state index contributed by atoms with van der Waals surface area (Å²) < 4.78 is 0. The Bertz CT molecular complexity index is 2560. The van der Waals surface area contributed by atoms with Gasteiger partial charge < -0.3 is 15.7 Å². The molecule has 0 spiro atoms. The lowest BCUT2D eigenvalue weighted by Crippen LogP contribution is -1.90. The molecule has 0 amide bonds. The first-order chi connectivity index (χ1) is 24.2. The van der Waals surface area contributed by atoms with Gasteiger partial charge in [0.15, 0.2) is 0 Å². The molecule has 0 atom stereocenters. The Kier molecular flexibility index (Phi) is 6.76. The Morgan fingerprint density at radius 3 is 1.08 bits per heavy atom. The summed E-state index contributed by atoms with van der Waals surface area (Å²) in [6, 6.07) is 28.4. The van der Waals surface area contributed by atoms with Gasteiger partial charge in [0, 0.05) is 87.2 Å². The molecule has 8 nitrogen and oxygen atoms in total. The van der Waals surface area contributed by atoms with Crippen LogP contribution in [0.2, 0.25) is 0 Å². The van der Waals surface area contributed by atoms with Crippen molar-refractivity contribution in [2.24, 2.45) is 0 Å². The summed E-state index contributed by atoms with van der Waals surface area (Å²) >= 11 is 0. The topological polar surface area (TPSA) is 122 Å². The zero-order valence-corrected chi connectivity index (χ0v) is 26.2. The van der Waals surface area contributed by atoms with Gasteiger partial charge in [-0.25, -0.2) is 9.97 Å². The average molecular weight is 633 g/mol. The molecule has 7 aromatic rings. The van der Waals surface area contributed by atoms with Gasteiger partial charge in [-0.05, 0) is 119 Å². The van der Waals surface area contributed by atoms with Crippen molar-refractivity contribution in [2.75, 3.05) is 5.73 Å². The molecular formula is C41H28N8. The minimum Gasteiger partial charge on any atom is -0.399 e. The molecule has 6 aromatic heterocycles. The van der Waals surface area contributed by atoms with Gasteiger partial charge in [-0.15, -0.1) is 0 Å². The molecule has 0 unspecified atom stereocenters. The number of hydrogen-bond acceptors (Lipinski definition) is 6. The molecule has 9 rings (SSSR count). The predicted octanol–water partition coefficient (Wildman–Crippen LogP) is 9.09. The molecule has 0 aliphatic carbocycles. The average Bonchev–Trinajstić information content (AvgIpc) is 3.97. The maximum atomic E-state index is 6.33. The molecule has 8 bridgehead atoms. The van der Waals surface area contributed by atoms with Gasteiger partial charge >= 0.3 is 0 Å². The molecular weight excluding hydrogens is 605 g/mol. The highest BCUT2D eigenvalue weighted by Gasteiger charge is 2.19. The summed E-state index contributed by atoms with van der Waals surface area (Å²) in [5, 5.41) is 0. The molecule has 0 fully saturated rings. The Morgan fingerprint density at radius 2 is 0.735 bits per heavy atom. The van der Waals surface area contributed by atoms with E-state index in [4.69, 9.17) is 15.7 Å². The zero-order chi connectivity index (χ0) is 32.7. The number of aromatic amines is 2. The molecule has 8 heterocycles. The summed E-state index contributed by atoms with van der Waals surface area (Å²) in [6.45, 7) is 0. The normalized spacial score (nSPS) is 12.0. The van der Waals surface area contributed by atoms with E-state index >= 15 is 0 Å². The number of hydrogen-bond donors (Lipinski definition) is 3. The van der Waals surface area contributed by atoms with Gasteiger partial charge in [-0.1, -0.05) is 12.1 Å². The molecule has 1 aromatic carbocycles. The largest absolute Gasteiger partial charge is 0.399 e. The number of aromatic nitrogens is 7. The highest BCUT2D eigenvalue weighted by atomic mass is 14.8. The van der Waals surface area contributed by atoms with E-state index in [-0.39, 0.29) is 0 Å². The van der Waals surface area contributed by atoms with Gasteiger partial charge in [0.05, 0.1) is 22.8 Å². The molecule has 4 N–H and O–H groups in total. The van der Waals surface area contributed by atoms with Crippen molar-refractivity contribution in [1.29, 1.82) is 0 Å². The van der Waals surface area contributed by atoms with Crippen LogP contribution in [0.1, 0.15) is 22.8 Å². The molecule has 0 radical (unpaired) electrons. The number of nitrogens with two attached hydrogens (primary N) is 1. The lowest BCUT2D eigenvalue weighted by molar-refractivity contribution is 1.29. The van der Waals surface area contributed by atoms with Crippen LogP contribution in [-0.4, -0.2) is 34.9 Å². The van der Waals surface area contributed by atoms with Crippen LogP contribution in [0, 0.1) is 0 Å². The maximum absolute atomic E-state index is 6.33. The van der Waals surface area contributed by atoms with Crippen LogP contribution in [0.5, 0.6) is 0 Å². The van der Waals surface area contributed by atoms with Gasteiger partial charge in [0.2, 0.25) is 0 Å². The molecule has 0 saturated carbocycles. The number of benzene rings is 1. The lowest BCUT2D eigenvalue weighted by atomic mass is 10.0. The van der Waals surface area contributed by atoms with Crippen molar-refractivity contribution >= 4 is 52.1 Å². The lowest BCUT2D eigenvalue weighted by Gasteiger charge is -2.07. The molecule has 0 saturated heterocycles. The predicted molar refractivity (Wildman–Crippen MR) is 198 cm³/mol. The molecule has 8 heteroatoms. The zero-order valence-electron chi connectivity index (χ0n) is 26.2. The molecule has 232 valence electrons. The Morgan fingerprint density at radius 1 is 0.388 bits per heavy atom. The summed E-state index contributed by atoms with van der Waals surface area (Å²) in [7, 11) is 0. The molecule has 2 aliphatic heterocycles. The van der Waals surface area contributed by atoms with Crippen molar-refractivity contribution < 1.29 is 0 Å². The Labute approximate surface area is 281 Å². The third-order valence-corrected chi connectivity index (χ3v) is 8.84. The van der Waals surface area contributed by atoms with Crippen LogP contribution >= 0.6 is 0 Å². The first-order valence-corrected chi connectivity index (χ1v) is 15.9. The molecule has 2 aliphatic rings. The van der Waals surface area contributed by atoms with E-state index < -0.39 is 0 Å². The fourth-order valence-corrected chi connectivity index (χ4v) is 6.67. The van der Waals surface area contributed by atoms with Gasteiger partial charge in [0.25, 0.3) is 0 Å². The summed E-state index contributed by atoms with van der Waals surface area (Å²) in [4.78, 5) is 31.0. The second kappa shape index (κ2) is 11.7. The van der Waals surface area contributed by atoms with Crippen LogP contribution in [-0.2, 0) is 0 Å². The number of nitrogens with zero attached hydrogens (tertiary/aromatic N) is 5. The van der Waals surface area contributed by atoms with Crippen molar-refractivity contribution in [3.8, 4) is 44.5 Å². The van der Waals surface area contributed by atoms with E-state index in [9.17, 15) is 0 Å². The van der Waals surface area contributed by atoms with Crippen molar-refractivity contribution in [3.05, 3.63) is 145 Å². The second-order valence-electron chi connectivity index (χ2n) is 11.8. The number of fused-ring (bicyclic) bond motifs is 8. The van der Waals surface area contributed by atoms with E-state index in [1.165, 1.54) is 0 Å². The monoisotopic (exact) mass is 632 g/mol. The Balaban J connectivity index is 1.49. The highest BCUT2D eigenvalue weighted by molar-refractivity contribution is 5.99. The summed E-state index contributed by atoms with van der Waals surface area (Å²) in [5.74, 6) is 0. The maximum Gasteiger partial charge on any atom is 0.0737 e. The Hall–Kier alpha value is -6.93. The molecule has 49 heavy (non-hydrogen) atoms. The smallest absolute Gasteiger partial charge is 0.0737 e. The van der Waals surface area contributed by atoms with E-state index in [0.717, 1.165) is 89.4 Å². The van der Waals surface area contributed by atoms with Crippen LogP contribution in [0.3, 0.4) is 0 Å². The standard InChI is InChI=1S/C41H28N8/c42-29-3-1-2-28(24-29)41-36-10-8-34(48-36)39(26-14-20-44-21-15-26)32-6-4-30(46-32)38(25-12-18-43-19-13-25)31-5-7-33(47-31)40(27-16-22-45-23-17-27)35-9-11-37(41)49-35/h1-24,46,49H,42H2. The van der Waals surface area contributed by atoms with E-state index in [1.807, 2.05) is 67.0 Å². The van der Waals surface area contributed by atoms with E-state index in [2.05, 4.69) is 79.6 Å². The van der Waals surface area contributed by atoms with Crippen molar-refractivity contribution in [3.63, 3.8) is 0 Å². The number of pyridine rings is 3. The fourth-order valence-electron chi connectivity index (χ4n) is 6.67. The van der Waals surface area contributed by atoms with Gasteiger partial charge in [-0.3, -0.25) is 15.0 Å². The van der Waals surface area contributed by atoms with Crippen molar-refractivity contribution in [2.45, 2.75) is 0 Å². The third kappa shape index (κ3) is 5.08.